The van der Waals surface area contributed by atoms with Crippen LogP contribution in [0.5, 0.6) is 5.75 Å². The van der Waals surface area contributed by atoms with Gasteiger partial charge in [-0.1, -0.05) is 12.1 Å². The summed E-state index contributed by atoms with van der Waals surface area (Å²) in [6.45, 7) is 0.588. The lowest BCUT2D eigenvalue weighted by atomic mass is 10.1. The van der Waals surface area contributed by atoms with Crippen molar-refractivity contribution in [2.24, 2.45) is 0 Å². The maximum Gasteiger partial charge on any atom is 0.253 e. The number of aliphatic hydroxyl groups is 1. The van der Waals surface area contributed by atoms with Crippen molar-refractivity contribution < 1.29 is 14.6 Å². The Morgan fingerprint density at radius 3 is 2.65 bits per heavy atom. The number of rotatable bonds is 6. The molecule has 0 aromatic heterocycles. The minimum atomic E-state index is -0.146. The van der Waals surface area contributed by atoms with Crippen LogP contribution in [0, 0.1) is 11.3 Å². The monoisotopic (exact) mass is 310 g/mol. The molecule has 1 N–H and O–H groups in total. The third-order valence-electron chi connectivity index (χ3n) is 3.34. The lowest BCUT2D eigenvalue weighted by Gasteiger charge is -2.15. The van der Waals surface area contributed by atoms with E-state index in [-0.39, 0.29) is 12.5 Å². The summed E-state index contributed by atoms with van der Waals surface area (Å²) < 4.78 is 5.66. The molecular weight excluding hydrogens is 292 g/mol. The molecule has 0 spiro atoms. The molecule has 2 aromatic rings. The average Bonchev–Trinajstić information content (AvgIpc) is 2.60. The van der Waals surface area contributed by atoms with Crippen molar-refractivity contribution in [3.05, 3.63) is 65.2 Å². The first-order valence-corrected chi connectivity index (χ1v) is 7.22. The maximum atomic E-state index is 12.0. The van der Waals surface area contributed by atoms with Gasteiger partial charge in [0.25, 0.3) is 5.91 Å². The first kappa shape index (κ1) is 16.5. The summed E-state index contributed by atoms with van der Waals surface area (Å²) >= 11 is 0. The molecule has 0 atom stereocenters. The van der Waals surface area contributed by atoms with Crippen molar-refractivity contribution in [2.45, 2.75) is 6.61 Å². The number of carbonyl (C=O) groups excluding carboxylic acids is 1. The fourth-order valence-electron chi connectivity index (χ4n) is 2.06. The van der Waals surface area contributed by atoms with E-state index in [2.05, 4.69) is 6.07 Å². The molecule has 0 aliphatic heterocycles. The van der Waals surface area contributed by atoms with E-state index < -0.39 is 0 Å². The van der Waals surface area contributed by atoms with Gasteiger partial charge >= 0.3 is 0 Å². The minimum absolute atomic E-state index is 0.0643. The minimum Gasteiger partial charge on any atom is -0.489 e. The second kappa shape index (κ2) is 7.97. The molecule has 0 unspecified atom stereocenters. The highest BCUT2D eigenvalue weighted by Crippen LogP contribution is 2.15. The Kier molecular flexibility index (Phi) is 5.73. The Hall–Kier alpha value is -2.84. The fraction of sp³-hybridized carbons (Fsp3) is 0.222. The van der Waals surface area contributed by atoms with Crippen LogP contribution in [0.2, 0.25) is 0 Å². The van der Waals surface area contributed by atoms with E-state index in [4.69, 9.17) is 15.1 Å². The molecule has 0 saturated heterocycles. The molecular formula is C18H18N2O3. The molecule has 0 saturated carbocycles. The molecule has 0 aliphatic rings. The van der Waals surface area contributed by atoms with Gasteiger partial charge in [-0.05, 0) is 42.0 Å². The van der Waals surface area contributed by atoms with Gasteiger partial charge in [0.2, 0.25) is 0 Å². The van der Waals surface area contributed by atoms with Crippen molar-refractivity contribution in [3.8, 4) is 11.8 Å². The van der Waals surface area contributed by atoms with Gasteiger partial charge in [0.05, 0.1) is 18.2 Å². The molecule has 5 nitrogen and oxygen atoms in total. The van der Waals surface area contributed by atoms with E-state index >= 15 is 0 Å². The van der Waals surface area contributed by atoms with E-state index in [9.17, 15) is 4.79 Å². The zero-order valence-corrected chi connectivity index (χ0v) is 12.9. The first-order chi connectivity index (χ1) is 11.1. The number of benzene rings is 2. The van der Waals surface area contributed by atoms with Gasteiger partial charge in [0, 0.05) is 19.2 Å². The lowest BCUT2D eigenvalue weighted by molar-refractivity contribution is 0.0767. The molecule has 0 aliphatic carbocycles. The highest BCUT2D eigenvalue weighted by molar-refractivity contribution is 5.94. The van der Waals surface area contributed by atoms with E-state index in [1.165, 1.54) is 4.90 Å². The number of likely N-dealkylation sites (N-methyl/N-ethyl adjacent to an activating group) is 1. The quantitative estimate of drug-likeness (QED) is 0.887. The molecule has 0 bridgehead atoms. The second-order valence-electron chi connectivity index (χ2n) is 5.08. The maximum absolute atomic E-state index is 12.0. The third kappa shape index (κ3) is 4.56. The zero-order chi connectivity index (χ0) is 16.7. The Balaban J connectivity index is 1.97. The van der Waals surface area contributed by atoms with Gasteiger partial charge in [-0.25, -0.2) is 0 Å². The highest BCUT2D eigenvalue weighted by atomic mass is 16.5. The van der Waals surface area contributed by atoms with Crippen molar-refractivity contribution >= 4 is 5.91 Å². The number of hydrogen-bond acceptors (Lipinski definition) is 4. The molecule has 5 heteroatoms. The van der Waals surface area contributed by atoms with Crippen molar-refractivity contribution in [3.63, 3.8) is 0 Å². The van der Waals surface area contributed by atoms with Crippen LogP contribution in [-0.4, -0.2) is 36.1 Å². The smallest absolute Gasteiger partial charge is 0.253 e. The molecule has 0 fully saturated rings. The number of aliphatic hydroxyl groups excluding tert-OH is 1. The van der Waals surface area contributed by atoms with Gasteiger partial charge in [0.1, 0.15) is 12.4 Å². The predicted octanol–water partition coefficient (Wildman–Crippen LogP) is 2.20. The molecule has 118 valence electrons. The van der Waals surface area contributed by atoms with E-state index in [1.54, 1.807) is 43.4 Å². The van der Waals surface area contributed by atoms with Crippen molar-refractivity contribution in [1.29, 1.82) is 5.26 Å². The average molecular weight is 310 g/mol. The van der Waals surface area contributed by atoms with Crippen LogP contribution >= 0.6 is 0 Å². The lowest BCUT2D eigenvalue weighted by Crippen LogP contribution is -2.29. The summed E-state index contributed by atoms with van der Waals surface area (Å²) in [4.78, 5) is 13.5. The standard InChI is InChI=1S/C18H18N2O3/c1-20(9-10-21)18(22)16-5-7-17(8-6-16)23-13-15-4-2-3-14(11-15)12-19/h2-8,11,21H,9-10,13H2,1H3. The summed E-state index contributed by atoms with van der Waals surface area (Å²) in [7, 11) is 1.64. The third-order valence-corrected chi connectivity index (χ3v) is 3.34. The molecule has 2 rings (SSSR count). The van der Waals surface area contributed by atoms with E-state index in [0.717, 1.165) is 5.56 Å². The number of carbonyl (C=O) groups is 1. The van der Waals surface area contributed by atoms with Crippen LogP contribution in [-0.2, 0) is 6.61 Å². The molecule has 0 radical (unpaired) electrons. The Labute approximate surface area is 135 Å². The van der Waals surface area contributed by atoms with Gasteiger partial charge in [-0.15, -0.1) is 0 Å². The zero-order valence-electron chi connectivity index (χ0n) is 12.9. The van der Waals surface area contributed by atoms with Gasteiger partial charge in [-0.3, -0.25) is 4.79 Å². The van der Waals surface area contributed by atoms with Crippen molar-refractivity contribution in [2.75, 3.05) is 20.2 Å². The summed E-state index contributed by atoms with van der Waals surface area (Å²) in [5, 5.41) is 17.7. The fourth-order valence-corrected chi connectivity index (χ4v) is 2.06. The van der Waals surface area contributed by atoms with Crippen LogP contribution in [0.4, 0.5) is 0 Å². The molecule has 2 aromatic carbocycles. The SMILES string of the molecule is CN(CCO)C(=O)c1ccc(OCc2cccc(C#N)c2)cc1. The molecule has 1 amide bonds. The number of nitrogens with zero attached hydrogens (tertiary/aromatic N) is 2. The Bertz CT molecular complexity index is 705. The highest BCUT2D eigenvalue weighted by Gasteiger charge is 2.10. The number of ether oxygens (including phenoxy) is 1. The molecule has 23 heavy (non-hydrogen) atoms. The number of hydrogen-bond donors (Lipinski definition) is 1. The first-order valence-electron chi connectivity index (χ1n) is 7.22. The van der Waals surface area contributed by atoms with Crippen LogP contribution in [0.25, 0.3) is 0 Å². The topological polar surface area (TPSA) is 73.6 Å². The van der Waals surface area contributed by atoms with Crippen LogP contribution in [0.3, 0.4) is 0 Å². The largest absolute Gasteiger partial charge is 0.489 e. The Morgan fingerprint density at radius 2 is 2.00 bits per heavy atom. The van der Waals surface area contributed by atoms with Gasteiger partial charge in [-0.2, -0.15) is 5.26 Å². The summed E-state index contributed by atoms with van der Waals surface area (Å²) in [6, 6.07) is 16.2. The molecule has 0 heterocycles. The Morgan fingerprint density at radius 1 is 1.26 bits per heavy atom. The number of amides is 1. The normalized spacial score (nSPS) is 9.96. The van der Waals surface area contributed by atoms with Crippen molar-refractivity contribution in [1.82, 2.24) is 4.90 Å². The van der Waals surface area contributed by atoms with E-state index in [0.29, 0.717) is 30.0 Å². The summed E-state index contributed by atoms with van der Waals surface area (Å²) in [6.07, 6.45) is 0. The van der Waals surface area contributed by atoms with Crippen LogP contribution < -0.4 is 4.74 Å². The summed E-state index contributed by atoms with van der Waals surface area (Å²) in [5.74, 6) is 0.501. The second-order valence-corrected chi connectivity index (χ2v) is 5.08. The summed E-state index contributed by atoms with van der Waals surface area (Å²) in [5.41, 5.74) is 2.05. The van der Waals surface area contributed by atoms with Gasteiger partial charge in [0.15, 0.2) is 0 Å². The van der Waals surface area contributed by atoms with Crippen LogP contribution in [0.1, 0.15) is 21.5 Å². The van der Waals surface area contributed by atoms with Gasteiger partial charge < -0.3 is 14.7 Å². The number of nitriles is 1. The van der Waals surface area contributed by atoms with E-state index in [1.807, 2.05) is 12.1 Å². The van der Waals surface area contributed by atoms with Crippen LogP contribution in [0.15, 0.2) is 48.5 Å². The predicted molar refractivity (Wildman–Crippen MR) is 86.0 cm³/mol.